The van der Waals surface area contributed by atoms with E-state index in [1.807, 2.05) is 0 Å². The molecule has 0 aliphatic rings. The Morgan fingerprint density at radius 1 is 1.03 bits per heavy atom. The van der Waals surface area contributed by atoms with Crippen molar-refractivity contribution in [2.75, 3.05) is 0 Å². The number of carbonyl (C=O) groups excluding carboxylic acids is 1. The summed E-state index contributed by atoms with van der Waals surface area (Å²) >= 11 is 6.02. The smallest absolute Gasteiger partial charge is 0.346 e. The van der Waals surface area contributed by atoms with Crippen LogP contribution in [0, 0.1) is 0 Å². The highest BCUT2D eigenvalue weighted by atomic mass is 35.5. The van der Waals surface area contributed by atoms with Gasteiger partial charge in [-0.05, 0) is 35.4 Å². The summed E-state index contributed by atoms with van der Waals surface area (Å²) in [6.45, 7) is 0.303. The molecule has 0 aliphatic carbocycles. The van der Waals surface area contributed by atoms with Gasteiger partial charge in [-0.25, -0.2) is 0 Å². The molecule has 3 aromatic heterocycles. The zero-order valence-electron chi connectivity index (χ0n) is 19.7. The van der Waals surface area contributed by atoms with Crippen molar-refractivity contribution in [3.8, 4) is 0 Å². The molecule has 0 atom stereocenters. The monoisotopic (exact) mass is 540 g/mol. The molecule has 1 amide bonds. The van der Waals surface area contributed by atoms with Crippen LogP contribution in [0.15, 0.2) is 77.9 Å². The van der Waals surface area contributed by atoms with Gasteiger partial charge in [-0.15, -0.1) is 0 Å². The van der Waals surface area contributed by atoms with Crippen molar-refractivity contribution in [2.24, 2.45) is 0 Å². The number of alkyl halides is 3. The summed E-state index contributed by atoms with van der Waals surface area (Å²) < 4.78 is 43.7. The molecule has 0 unspecified atom stereocenters. The van der Waals surface area contributed by atoms with E-state index < -0.39 is 23.3 Å². The van der Waals surface area contributed by atoms with Crippen molar-refractivity contribution < 1.29 is 18.0 Å². The first-order valence-corrected chi connectivity index (χ1v) is 11.8. The molecule has 2 aromatic carbocycles. The Labute approximate surface area is 218 Å². The minimum Gasteiger partial charge on any atom is -0.346 e. The van der Waals surface area contributed by atoms with E-state index in [2.05, 4.69) is 20.6 Å². The van der Waals surface area contributed by atoms with Crippen LogP contribution in [0.25, 0.3) is 10.9 Å². The fraction of sp³-hybridized carbons (Fsp3) is 0.154. The number of benzene rings is 2. The van der Waals surface area contributed by atoms with Crippen molar-refractivity contribution in [3.05, 3.63) is 117 Å². The number of fused-ring (bicyclic) bond motifs is 1. The molecule has 38 heavy (non-hydrogen) atoms. The fourth-order valence-corrected chi connectivity index (χ4v) is 4.21. The fourth-order valence-electron chi connectivity index (χ4n) is 4.04. The highest BCUT2D eigenvalue weighted by Gasteiger charge is 2.39. The quantitative estimate of drug-likeness (QED) is 0.315. The first-order chi connectivity index (χ1) is 18.2. The molecule has 5 rings (SSSR count). The summed E-state index contributed by atoms with van der Waals surface area (Å²) in [5.41, 5.74) is 0.665. The minimum atomic E-state index is -4.82. The van der Waals surface area contributed by atoms with Gasteiger partial charge < -0.3 is 9.88 Å². The Morgan fingerprint density at radius 3 is 2.47 bits per heavy atom. The summed E-state index contributed by atoms with van der Waals surface area (Å²) in [6, 6.07) is 17.0. The molecule has 0 spiro atoms. The SMILES string of the molecule is O=C(NCc1[nH]nc2ccc(Cl)cc12)c1cn(Cc2ccc(Cn3ccccc3=O)cc2)nc1C(F)(F)F. The summed E-state index contributed by atoms with van der Waals surface area (Å²) in [6.07, 6.45) is -2.06. The maximum atomic E-state index is 13.7. The number of nitrogens with one attached hydrogen (secondary N) is 2. The number of carbonyl (C=O) groups is 1. The van der Waals surface area contributed by atoms with Crippen LogP contribution >= 0.6 is 11.6 Å². The lowest BCUT2D eigenvalue weighted by atomic mass is 10.1. The predicted octanol–water partition coefficient (Wildman–Crippen LogP) is 4.62. The number of pyridine rings is 1. The Bertz CT molecular complexity index is 1670. The lowest BCUT2D eigenvalue weighted by Gasteiger charge is -2.07. The summed E-state index contributed by atoms with van der Waals surface area (Å²) in [5.74, 6) is -0.919. The van der Waals surface area contributed by atoms with Gasteiger partial charge in [0.15, 0.2) is 5.69 Å². The highest BCUT2D eigenvalue weighted by Crippen LogP contribution is 2.31. The van der Waals surface area contributed by atoms with Gasteiger partial charge in [0.05, 0.1) is 36.4 Å². The summed E-state index contributed by atoms with van der Waals surface area (Å²) in [5, 5.41) is 14.2. The second-order valence-electron chi connectivity index (χ2n) is 8.62. The van der Waals surface area contributed by atoms with Crippen LogP contribution in [-0.2, 0) is 25.8 Å². The van der Waals surface area contributed by atoms with Crippen LogP contribution in [0.1, 0.15) is 32.9 Å². The van der Waals surface area contributed by atoms with Crippen LogP contribution < -0.4 is 10.9 Å². The van der Waals surface area contributed by atoms with Crippen molar-refractivity contribution in [1.82, 2.24) is 29.9 Å². The van der Waals surface area contributed by atoms with E-state index in [1.54, 1.807) is 65.4 Å². The average molecular weight is 541 g/mol. The number of aromatic nitrogens is 5. The Balaban J connectivity index is 1.31. The molecule has 0 fully saturated rings. The predicted molar refractivity (Wildman–Crippen MR) is 135 cm³/mol. The average Bonchev–Trinajstić information content (AvgIpc) is 3.49. The van der Waals surface area contributed by atoms with Gasteiger partial charge in [0.2, 0.25) is 0 Å². The largest absolute Gasteiger partial charge is 0.435 e. The Kier molecular flexibility index (Phi) is 6.77. The van der Waals surface area contributed by atoms with E-state index in [0.717, 1.165) is 16.4 Å². The van der Waals surface area contributed by atoms with Gasteiger partial charge >= 0.3 is 6.18 Å². The van der Waals surface area contributed by atoms with E-state index in [-0.39, 0.29) is 18.6 Å². The molecule has 0 bridgehead atoms. The van der Waals surface area contributed by atoms with Crippen molar-refractivity contribution >= 4 is 28.4 Å². The van der Waals surface area contributed by atoms with E-state index in [1.165, 1.54) is 6.07 Å². The number of halogens is 4. The number of aromatic amines is 1. The Morgan fingerprint density at radius 2 is 1.76 bits per heavy atom. The summed E-state index contributed by atoms with van der Waals surface area (Å²) in [4.78, 5) is 24.7. The van der Waals surface area contributed by atoms with Crippen LogP contribution in [0.5, 0.6) is 0 Å². The molecular weight excluding hydrogens is 521 g/mol. The number of amides is 1. The topological polar surface area (TPSA) is 97.6 Å². The molecule has 3 heterocycles. The maximum absolute atomic E-state index is 13.7. The van der Waals surface area contributed by atoms with E-state index in [9.17, 15) is 22.8 Å². The number of hydrogen-bond donors (Lipinski definition) is 2. The van der Waals surface area contributed by atoms with E-state index >= 15 is 0 Å². The maximum Gasteiger partial charge on any atom is 0.435 e. The first kappa shape index (κ1) is 25.3. The zero-order valence-corrected chi connectivity index (χ0v) is 20.4. The third-order valence-corrected chi connectivity index (χ3v) is 6.15. The van der Waals surface area contributed by atoms with Gasteiger partial charge in [-0.2, -0.15) is 23.4 Å². The van der Waals surface area contributed by atoms with Gasteiger partial charge in [-0.3, -0.25) is 19.4 Å². The van der Waals surface area contributed by atoms with E-state index in [0.29, 0.717) is 33.7 Å². The lowest BCUT2D eigenvalue weighted by Crippen LogP contribution is -2.25. The number of rotatable bonds is 7. The normalized spacial score (nSPS) is 11.7. The highest BCUT2D eigenvalue weighted by molar-refractivity contribution is 6.31. The van der Waals surface area contributed by atoms with Crippen LogP contribution in [-0.4, -0.2) is 30.5 Å². The molecule has 0 saturated heterocycles. The lowest BCUT2D eigenvalue weighted by molar-refractivity contribution is -0.141. The molecule has 8 nitrogen and oxygen atoms in total. The van der Waals surface area contributed by atoms with Crippen molar-refractivity contribution in [2.45, 2.75) is 25.8 Å². The van der Waals surface area contributed by atoms with Crippen LogP contribution in [0.3, 0.4) is 0 Å². The molecule has 0 saturated carbocycles. The number of hydrogen-bond acceptors (Lipinski definition) is 4. The van der Waals surface area contributed by atoms with Crippen molar-refractivity contribution in [1.29, 1.82) is 0 Å². The number of H-pyrrole nitrogens is 1. The number of nitrogens with zero attached hydrogens (tertiary/aromatic N) is 4. The third-order valence-electron chi connectivity index (χ3n) is 5.92. The third kappa shape index (κ3) is 5.47. The minimum absolute atomic E-state index is 0.0195. The molecule has 12 heteroatoms. The molecule has 5 aromatic rings. The molecule has 2 N–H and O–H groups in total. The van der Waals surface area contributed by atoms with Gasteiger partial charge in [0.25, 0.3) is 11.5 Å². The summed E-state index contributed by atoms with van der Waals surface area (Å²) in [7, 11) is 0. The van der Waals surface area contributed by atoms with Crippen LogP contribution in [0.2, 0.25) is 5.02 Å². The van der Waals surface area contributed by atoms with Gasteiger partial charge in [-0.1, -0.05) is 41.9 Å². The second kappa shape index (κ2) is 10.2. The van der Waals surface area contributed by atoms with Gasteiger partial charge in [0, 0.05) is 28.9 Å². The Hall–Kier alpha value is -4.38. The van der Waals surface area contributed by atoms with Crippen molar-refractivity contribution in [3.63, 3.8) is 0 Å². The molecule has 194 valence electrons. The standard InChI is InChI=1S/C26H20ClF3N6O2/c27-18-8-9-21-19(11-18)22(33-32-21)12-31-25(38)20-15-36(34-24(20)26(28,29)30)14-17-6-4-16(5-7-17)13-35-10-2-1-3-23(35)37/h1-11,15H,12-14H2,(H,31,38)(H,32,33). The van der Waals surface area contributed by atoms with E-state index in [4.69, 9.17) is 11.6 Å². The van der Waals surface area contributed by atoms with Crippen LogP contribution in [0.4, 0.5) is 13.2 Å². The first-order valence-electron chi connectivity index (χ1n) is 11.5. The second-order valence-corrected chi connectivity index (χ2v) is 9.05. The molecular formula is C26H20ClF3N6O2. The van der Waals surface area contributed by atoms with Gasteiger partial charge in [0.1, 0.15) is 0 Å². The molecule has 0 radical (unpaired) electrons. The zero-order chi connectivity index (χ0) is 26.9. The molecule has 0 aliphatic heterocycles.